The minimum Gasteiger partial charge on any atom is -0.379 e. The lowest BCUT2D eigenvalue weighted by atomic mass is 10.2. The second kappa shape index (κ2) is 9.06. The number of hydrogen-bond acceptors (Lipinski definition) is 4. The topological polar surface area (TPSA) is 76.7 Å². The van der Waals surface area contributed by atoms with Crippen molar-refractivity contribution in [1.82, 2.24) is 10.9 Å². The highest BCUT2D eigenvalue weighted by molar-refractivity contribution is 5.95. The van der Waals surface area contributed by atoms with Gasteiger partial charge in [0.05, 0.1) is 13.2 Å². The van der Waals surface area contributed by atoms with E-state index in [1.54, 1.807) is 31.2 Å². The number of rotatable bonds is 7. The highest BCUT2D eigenvalue weighted by Crippen LogP contribution is 1.97. The van der Waals surface area contributed by atoms with E-state index >= 15 is 0 Å². The van der Waals surface area contributed by atoms with Gasteiger partial charge >= 0.3 is 0 Å². The summed E-state index contributed by atoms with van der Waals surface area (Å²) in [4.78, 5) is 23.3. The average Bonchev–Trinajstić information content (AvgIpc) is 2.49. The zero-order chi connectivity index (χ0) is 14.8. The van der Waals surface area contributed by atoms with E-state index in [1.807, 2.05) is 13.0 Å². The molecule has 0 saturated carbocycles. The van der Waals surface area contributed by atoms with Gasteiger partial charge in [-0.2, -0.15) is 0 Å². The zero-order valence-electron chi connectivity index (χ0n) is 11.7. The van der Waals surface area contributed by atoms with Gasteiger partial charge < -0.3 is 9.47 Å². The molecule has 1 unspecified atom stereocenters. The van der Waals surface area contributed by atoms with Crippen molar-refractivity contribution in [3.63, 3.8) is 0 Å². The highest BCUT2D eigenvalue weighted by Gasteiger charge is 2.14. The predicted molar refractivity (Wildman–Crippen MR) is 74.0 cm³/mol. The van der Waals surface area contributed by atoms with E-state index in [2.05, 4.69) is 10.9 Å². The van der Waals surface area contributed by atoms with Crippen LogP contribution in [0.2, 0.25) is 0 Å². The van der Waals surface area contributed by atoms with Gasteiger partial charge in [0.25, 0.3) is 11.8 Å². The molecule has 1 aromatic carbocycles. The molecule has 1 aromatic rings. The quantitative estimate of drug-likeness (QED) is 0.574. The largest absolute Gasteiger partial charge is 0.379 e. The smallest absolute Gasteiger partial charge is 0.269 e. The van der Waals surface area contributed by atoms with E-state index in [-0.39, 0.29) is 5.91 Å². The fourth-order valence-electron chi connectivity index (χ4n) is 1.39. The van der Waals surface area contributed by atoms with Crippen molar-refractivity contribution in [1.29, 1.82) is 0 Å². The van der Waals surface area contributed by atoms with Crippen LogP contribution < -0.4 is 10.9 Å². The maximum Gasteiger partial charge on any atom is 0.269 e. The lowest BCUT2D eigenvalue weighted by molar-refractivity contribution is -0.133. The van der Waals surface area contributed by atoms with Crippen molar-refractivity contribution in [2.45, 2.75) is 20.0 Å². The van der Waals surface area contributed by atoms with Crippen molar-refractivity contribution >= 4 is 11.8 Å². The molecule has 6 nitrogen and oxygen atoms in total. The van der Waals surface area contributed by atoms with Gasteiger partial charge in [0.1, 0.15) is 6.10 Å². The van der Waals surface area contributed by atoms with Crippen molar-refractivity contribution in [2.75, 3.05) is 19.8 Å². The van der Waals surface area contributed by atoms with E-state index in [0.717, 1.165) is 0 Å². The van der Waals surface area contributed by atoms with Crippen LogP contribution >= 0.6 is 0 Å². The van der Waals surface area contributed by atoms with Crippen LogP contribution in [0.5, 0.6) is 0 Å². The van der Waals surface area contributed by atoms with Crippen molar-refractivity contribution < 1.29 is 19.1 Å². The maximum absolute atomic E-state index is 11.7. The fourth-order valence-corrected chi connectivity index (χ4v) is 1.39. The molecule has 0 aromatic heterocycles. The molecule has 0 heterocycles. The van der Waals surface area contributed by atoms with Gasteiger partial charge in [0, 0.05) is 12.2 Å². The van der Waals surface area contributed by atoms with E-state index in [4.69, 9.17) is 9.47 Å². The van der Waals surface area contributed by atoms with Crippen molar-refractivity contribution in [3.8, 4) is 0 Å². The summed E-state index contributed by atoms with van der Waals surface area (Å²) in [7, 11) is 0. The summed E-state index contributed by atoms with van der Waals surface area (Å²) in [5.41, 5.74) is 5.12. The minimum absolute atomic E-state index is 0.328. The molecule has 0 saturated heterocycles. The molecule has 0 fully saturated rings. The summed E-state index contributed by atoms with van der Waals surface area (Å²) in [6.07, 6.45) is -0.661. The van der Waals surface area contributed by atoms with Crippen LogP contribution in [0.15, 0.2) is 30.3 Å². The molecular formula is C14H20N2O4. The lowest BCUT2D eigenvalue weighted by Crippen LogP contribution is -2.46. The third-order valence-corrected chi connectivity index (χ3v) is 2.50. The van der Waals surface area contributed by atoms with Gasteiger partial charge in [-0.1, -0.05) is 18.2 Å². The third-order valence-electron chi connectivity index (χ3n) is 2.50. The number of amides is 2. The molecule has 0 spiro atoms. The molecule has 20 heavy (non-hydrogen) atoms. The maximum atomic E-state index is 11.7. The van der Waals surface area contributed by atoms with Gasteiger partial charge in [-0.25, -0.2) is 0 Å². The summed E-state index contributed by atoms with van der Waals surface area (Å²) in [6.45, 7) is 4.86. The monoisotopic (exact) mass is 280 g/mol. The molecule has 110 valence electrons. The molecule has 0 radical (unpaired) electrons. The average molecular weight is 280 g/mol. The molecule has 0 aliphatic heterocycles. The van der Waals surface area contributed by atoms with Crippen LogP contribution in [-0.4, -0.2) is 37.7 Å². The standard InChI is InChI=1S/C14H20N2O4/c1-3-19-9-10-20-11(2)13(17)15-16-14(18)12-7-5-4-6-8-12/h4-8,11H,3,9-10H2,1-2H3,(H,15,17)(H,16,18). The number of ether oxygens (including phenoxy) is 2. The zero-order valence-corrected chi connectivity index (χ0v) is 11.7. The van der Waals surface area contributed by atoms with Gasteiger partial charge in [-0.3, -0.25) is 20.4 Å². The Kier molecular flexibility index (Phi) is 7.31. The van der Waals surface area contributed by atoms with E-state index < -0.39 is 12.0 Å². The molecule has 2 amide bonds. The van der Waals surface area contributed by atoms with Gasteiger partial charge in [0.2, 0.25) is 0 Å². The number of carbonyl (C=O) groups is 2. The Morgan fingerprint density at radius 3 is 2.50 bits per heavy atom. The second-order valence-corrected chi connectivity index (χ2v) is 4.02. The van der Waals surface area contributed by atoms with Crippen LogP contribution in [0.3, 0.4) is 0 Å². The van der Waals surface area contributed by atoms with E-state index in [1.165, 1.54) is 0 Å². The van der Waals surface area contributed by atoms with Crippen LogP contribution in [0.1, 0.15) is 24.2 Å². The normalized spacial score (nSPS) is 11.7. The third kappa shape index (κ3) is 5.81. The first kappa shape index (κ1) is 16.1. The molecule has 0 bridgehead atoms. The lowest BCUT2D eigenvalue weighted by Gasteiger charge is -2.13. The number of nitrogens with one attached hydrogen (secondary N) is 2. The molecule has 2 N–H and O–H groups in total. The number of hydrogen-bond donors (Lipinski definition) is 2. The van der Waals surface area contributed by atoms with Gasteiger partial charge in [0.15, 0.2) is 0 Å². The Morgan fingerprint density at radius 1 is 1.15 bits per heavy atom. The van der Waals surface area contributed by atoms with Crippen LogP contribution in [0.25, 0.3) is 0 Å². The van der Waals surface area contributed by atoms with E-state index in [9.17, 15) is 9.59 Å². The highest BCUT2D eigenvalue weighted by atomic mass is 16.5. The minimum atomic E-state index is -0.661. The summed E-state index contributed by atoms with van der Waals surface area (Å²) in [5, 5.41) is 0. The summed E-state index contributed by atoms with van der Waals surface area (Å²) >= 11 is 0. The SMILES string of the molecule is CCOCCOC(C)C(=O)NNC(=O)c1ccccc1. The van der Waals surface area contributed by atoms with Crippen molar-refractivity contribution in [2.24, 2.45) is 0 Å². The number of hydrazine groups is 1. The summed E-state index contributed by atoms with van der Waals surface area (Å²) in [6, 6.07) is 8.61. The molecule has 0 aliphatic rings. The second-order valence-electron chi connectivity index (χ2n) is 4.02. The Balaban J connectivity index is 2.27. The molecular weight excluding hydrogens is 260 g/mol. The molecule has 0 aliphatic carbocycles. The molecule has 1 atom stereocenters. The first-order valence-electron chi connectivity index (χ1n) is 6.49. The van der Waals surface area contributed by atoms with Gasteiger partial charge in [-0.15, -0.1) is 0 Å². The number of carbonyl (C=O) groups excluding carboxylic acids is 2. The Bertz CT molecular complexity index is 422. The fraction of sp³-hybridized carbons (Fsp3) is 0.429. The number of benzene rings is 1. The van der Waals surface area contributed by atoms with Gasteiger partial charge in [-0.05, 0) is 26.0 Å². The summed E-state index contributed by atoms with van der Waals surface area (Å²) < 4.78 is 10.3. The van der Waals surface area contributed by atoms with E-state index in [0.29, 0.717) is 25.4 Å². The predicted octanol–water partition coefficient (Wildman–Crippen LogP) is 0.889. The Morgan fingerprint density at radius 2 is 1.85 bits per heavy atom. The Labute approximate surface area is 118 Å². The first-order valence-corrected chi connectivity index (χ1v) is 6.49. The van der Waals surface area contributed by atoms with Crippen LogP contribution in [-0.2, 0) is 14.3 Å². The van der Waals surface area contributed by atoms with Crippen molar-refractivity contribution in [3.05, 3.63) is 35.9 Å². The molecule has 6 heteroatoms. The van der Waals surface area contributed by atoms with Crippen LogP contribution in [0.4, 0.5) is 0 Å². The molecule has 1 rings (SSSR count). The Hall–Kier alpha value is -1.92. The van der Waals surface area contributed by atoms with Crippen LogP contribution in [0, 0.1) is 0 Å². The summed E-state index contributed by atoms with van der Waals surface area (Å²) in [5.74, 6) is -0.786. The first-order chi connectivity index (χ1) is 9.65.